The first kappa shape index (κ1) is 34.3. The number of carboxylic acid groups (broad SMARTS) is 4. The van der Waals surface area contributed by atoms with Crippen molar-refractivity contribution >= 4 is 41.1 Å². The minimum absolute atomic E-state index is 0.0630. The molecule has 0 radical (unpaired) electrons. The van der Waals surface area contributed by atoms with Gasteiger partial charge in [0, 0.05) is 38.9 Å². The number of piperazine rings is 1. The fraction of sp³-hybridized carbons (Fsp3) is 0.346. The lowest BCUT2D eigenvalue weighted by molar-refractivity contribution is -0.159. The van der Waals surface area contributed by atoms with Crippen LogP contribution in [0.25, 0.3) is 5.57 Å². The van der Waals surface area contributed by atoms with Crippen LogP contribution in [-0.2, 0) is 30.1 Å². The van der Waals surface area contributed by atoms with E-state index in [2.05, 4.69) is 25.1 Å². The van der Waals surface area contributed by atoms with Crippen LogP contribution in [0.3, 0.4) is 0 Å². The second-order valence-electron chi connectivity index (χ2n) is 8.99. The van der Waals surface area contributed by atoms with E-state index in [4.69, 9.17) is 39.6 Å². The number of aliphatic carboxylic acids is 4. The van der Waals surface area contributed by atoms with Gasteiger partial charge in [0.05, 0.1) is 18.2 Å². The normalized spacial score (nSPS) is 16.8. The Morgan fingerprint density at radius 1 is 0.907 bits per heavy atom. The van der Waals surface area contributed by atoms with Crippen molar-refractivity contribution in [2.75, 3.05) is 44.2 Å². The standard InChI is InChI=1S/C22H24F3N5O.2C2H2O4/c23-22(24,25)18-3-1-2-16(12-18)17-4-7-27-19(13-17)20(31)14-29-8-10-30(11-9-29)21-5-6-26-15-28-21;2*3-1(4)2(5)6/h1-6,12,15,19,27H,7-11,13-14H2;2*(H,3,4)(H,5,6). The number of anilines is 1. The Morgan fingerprint density at radius 2 is 1.51 bits per heavy atom. The molecule has 1 aromatic carbocycles. The fourth-order valence-corrected chi connectivity index (χ4v) is 3.99. The summed E-state index contributed by atoms with van der Waals surface area (Å²) in [5.74, 6) is -6.35. The number of hydrogen-bond acceptors (Lipinski definition) is 10. The zero-order chi connectivity index (χ0) is 32.2. The number of Topliss-reactive ketones (excluding diaryl/α,β-unsaturated/α-hetero) is 1. The Labute approximate surface area is 242 Å². The van der Waals surface area contributed by atoms with Gasteiger partial charge in [-0.25, -0.2) is 29.1 Å². The van der Waals surface area contributed by atoms with Gasteiger partial charge in [-0.3, -0.25) is 9.69 Å². The van der Waals surface area contributed by atoms with Crippen molar-refractivity contribution in [2.45, 2.75) is 18.6 Å². The topological polar surface area (TPSA) is 211 Å². The summed E-state index contributed by atoms with van der Waals surface area (Å²) in [6, 6.07) is 6.78. The van der Waals surface area contributed by atoms with E-state index in [-0.39, 0.29) is 5.78 Å². The van der Waals surface area contributed by atoms with Gasteiger partial charge in [0.1, 0.15) is 12.1 Å². The van der Waals surface area contributed by atoms with Crippen molar-refractivity contribution < 1.29 is 57.6 Å². The molecule has 232 valence electrons. The molecule has 1 saturated heterocycles. The second kappa shape index (κ2) is 15.9. The Hall–Kier alpha value is -4.90. The maximum Gasteiger partial charge on any atom is 0.416 e. The van der Waals surface area contributed by atoms with Crippen molar-refractivity contribution in [3.63, 3.8) is 0 Å². The number of benzene rings is 1. The molecule has 1 fully saturated rings. The smallest absolute Gasteiger partial charge is 0.416 e. The number of alkyl halides is 3. The van der Waals surface area contributed by atoms with Crippen LogP contribution in [0.2, 0.25) is 0 Å². The monoisotopic (exact) mass is 611 g/mol. The fourth-order valence-electron chi connectivity index (χ4n) is 3.99. The number of nitrogens with one attached hydrogen (secondary N) is 1. The highest BCUT2D eigenvalue weighted by Gasteiger charge is 2.31. The summed E-state index contributed by atoms with van der Waals surface area (Å²) < 4.78 is 39.1. The Kier molecular flexibility index (Phi) is 12.7. The molecule has 1 aromatic heterocycles. The van der Waals surface area contributed by atoms with Gasteiger partial charge in [0.25, 0.3) is 0 Å². The molecule has 0 aliphatic carbocycles. The first-order valence-corrected chi connectivity index (χ1v) is 12.5. The van der Waals surface area contributed by atoms with Gasteiger partial charge >= 0.3 is 30.1 Å². The minimum atomic E-state index is -4.38. The van der Waals surface area contributed by atoms with Gasteiger partial charge in [0.15, 0.2) is 5.78 Å². The molecule has 1 atom stereocenters. The van der Waals surface area contributed by atoms with Crippen LogP contribution in [0.15, 0.2) is 48.9 Å². The molecule has 0 bridgehead atoms. The molecule has 3 heterocycles. The average Bonchev–Trinajstić information content (AvgIpc) is 2.98. The average molecular weight is 612 g/mol. The number of aromatic nitrogens is 2. The molecule has 2 aliphatic rings. The van der Waals surface area contributed by atoms with Crippen molar-refractivity contribution in [3.05, 3.63) is 60.1 Å². The molecule has 4 rings (SSSR count). The Bertz CT molecular complexity index is 1280. The zero-order valence-electron chi connectivity index (χ0n) is 22.4. The number of carbonyl (C=O) groups excluding carboxylic acids is 1. The first-order valence-electron chi connectivity index (χ1n) is 12.5. The lowest BCUT2D eigenvalue weighted by Crippen LogP contribution is -2.51. The highest BCUT2D eigenvalue weighted by molar-refractivity contribution is 6.27. The number of ketones is 1. The number of carboxylic acids is 4. The van der Waals surface area contributed by atoms with Gasteiger partial charge in [-0.05, 0) is 35.8 Å². The summed E-state index contributed by atoms with van der Waals surface area (Å²) in [6.45, 7) is 3.84. The number of rotatable bonds is 5. The lowest BCUT2D eigenvalue weighted by atomic mass is 9.92. The highest BCUT2D eigenvalue weighted by atomic mass is 19.4. The summed E-state index contributed by atoms with van der Waals surface area (Å²) in [4.78, 5) is 61.7. The molecule has 0 spiro atoms. The van der Waals surface area contributed by atoms with Crippen LogP contribution in [-0.4, -0.2) is 110 Å². The molecule has 2 aromatic rings. The van der Waals surface area contributed by atoms with Crippen molar-refractivity contribution in [3.8, 4) is 0 Å². The first-order chi connectivity index (χ1) is 20.2. The van der Waals surface area contributed by atoms with Crippen molar-refractivity contribution in [1.29, 1.82) is 0 Å². The molecule has 2 aliphatic heterocycles. The van der Waals surface area contributed by atoms with Crippen LogP contribution in [0.5, 0.6) is 0 Å². The largest absolute Gasteiger partial charge is 0.473 e. The molecule has 43 heavy (non-hydrogen) atoms. The van der Waals surface area contributed by atoms with Crippen molar-refractivity contribution in [1.82, 2.24) is 20.2 Å². The van der Waals surface area contributed by atoms with Gasteiger partial charge in [-0.2, -0.15) is 13.2 Å². The van der Waals surface area contributed by atoms with Crippen molar-refractivity contribution in [2.24, 2.45) is 0 Å². The minimum Gasteiger partial charge on any atom is -0.473 e. The third-order valence-corrected chi connectivity index (χ3v) is 6.09. The third kappa shape index (κ3) is 11.5. The maximum atomic E-state index is 13.0. The molecule has 17 heteroatoms. The molecular formula is C26H28F3N5O9. The van der Waals surface area contributed by atoms with Crippen LogP contribution < -0.4 is 10.2 Å². The SMILES string of the molecule is O=C(CN1CCN(c2ccncn2)CC1)C1CC(c2cccc(C(F)(F)F)c2)=CCN1.O=C(O)C(=O)O.O=C(O)C(=O)O. The lowest BCUT2D eigenvalue weighted by Gasteiger charge is -2.35. The molecule has 5 N–H and O–H groups in total. The van der Waals surface area contributed by atoms with E-state index < -0.39 is 41.7 Å². The zero-order valence-corrected chi connectivity index (χ0v) is 22.4. The van der Waals surface area contributed by atoms with E-state index in [0.717, 1.165) is 49.7 Å². The van der Waals surface area contributed by atoms with Gasteiger partial charge in [-0.1, -0.05) is 18.2 Å². The van der Waals surface area contributed by atoms with Crippen LogP contribution in [0.4, 0.5) is 19.0 Å². The van der Waals surface area contributed by atoms with Crippen LogP contribution in [0.1, 0.15) is 17.5 Å². The van der Waals surface area contributed by atoms with E-state index >= 15 is 0 Å². The summed E-state index contributed by atoms with van der Waals surface area (Å²) >= 11 is 0. The molecule has 0 amide bonds. The summed E-state index contributed by atoms with van der Waals surface area (Å²) in [5, 5.41) is 32.8. The van der Waals surface area contributed by atoms with E-state index in [1.807, 2.05) is 12.1 Å². The van der Waals surface area contributed by atoms with E-state index in [0.29, 0.717) is 25.1 Å². The van der Waals surface area contributed by atoms with Gasteiger partial charge < -0.3 is 30.6 Å². The quantitative estimate of drug-likeness (QED) is 0.298. The number of hydrogen-bond donors (Lipinski definition) is 5. The van der Waals surface area contributed by atoms with Gasteiger partial charge in [-0.15, -0.1) is 0 Å². The Morgan fingerprint density at radius 3 is 2.02 bits per heavy atom. The van der Waals surface area contributed by atoms with E-state index in [9.17, 15) is 18.0 Å². The predicted octanol–water partition coefficient (Wildman–Crippen LogP) is 0.943. The van der Waals surface area contributed by atoms with Crippen LogP contribution >= 0.6 is 0 Å². The molecule has 14 nitrogen and oxygen atoms in total. The predicted molar refractivity (Wildman–Crippen MR) is 142 cm³/mol. The Balaban J connectivity index is 0.000000455. The number of halogens is 3. The second-order valence-corrected chi connectivity index (χ2v) is 8.99. The molecular weight excluding hydrogens is 583 g/mol. The van der Waals surface area contributed by atoms with Crippen LogP contribution in [0, 0.1) is 0 Å². The van der Waals surface area contributed by atoms with E-state index in [1.54, 1.807) is 12.3 Å². The summed E-state index contributed by atoms with van der Waals surface area (Å²) in [6.07, 6.45) is 1.10. The summed E-state index contributed by atoms with van der Waals surface area (Å²) in [7, 11) is 0. The van der Waals surface area contributed by atoms with Gasteiger partial charge in [0.2, 0.25) is 0 Å². The molecule has 0 saturated carbocycles. The van der Waals surface area contributed by atoms with E-state index in [1.165, 1.54) is 12.4 Å². The highest BCUT2D eigenvalue weighted by Crippen LogP contribution is 2.32. The summed E-state index contributed by atoms with van der Waals surface area (Å²) in [5.41, 5.74) is 0.623. The maximum absolute atomic E-state index is 13.0. The third-order valence-electron chi connectivity index (χ3n) is 6.09. The number of carbonyl (C=O) groups is 5. The number of nitrogens with zero attached hydrogens (tertiary/aromatic N) is 4. The molecule has 1 unspecified atom stereocenters.